The van der Waals surface area contributed by atoms with Gasteiger partial charge in [-0.25, -0.2) is 0 Å². The highest BCUT2D eigenvalue weighted by Crippen LogP contribution is 1.85. The third-order valence-corrected chi connectivity index (χ3v) is 0.901. The molecule has 0 amide bonds. The summed E-state index contributed by atoms with van der Waals surface area (Å²) in [5.41, 5.74) is 6.26. The predicted molar refractivity (Wildman–Crippen MR) is 41.1 cm³/mol. The van der Waals surface area contributed by atoms with Gasteiger partial charge in [0, 0.05) is 12.6 Å². The van der Waals surface area contributed by atoms with Gasteiger partial charge in [0.05, 0.1) is 0 Å². The van der Waals surface area contributed by atoms with Gasteiger partial charge in [0.25, 0.3) is 0 Å². The molecule has 0 saturated carbocycles. The maximum atomic E-state index is 3.13. The van der Waals surface area contributed by atoms with Crippen LogP contribution in [0.3, 0.4) is 0 Å². The third-order valence-electron chi connectivity index (χ3n) is 0.901. The summed E-state index contributed by atoms with van der Waals surface area (Å²) in [6, 6.07) is 0.531. The van der Waals surface area contributed by atoms with Crippen LogP contribution >= 0.6 is 0 Å². The van der Waals surface area contributed by atoms with Crippen molar-refractivity contribution >= 4 is 0 Å². The second-order valence-electron chi connectivity index (χ2n) is 3.07. The highest BCUT2D eigenvalue weighted by molar-refractivity contribution is 4.49. The largest absolute Gasteiger partial charge is 0.257 e. The lowest BCUT2D eigenvalue weighted by atomic mass is 10.2. The third kappa shape index (κ3) is 7.92. The van der Waals surface area contributed by atoms with E-state index in [1.165, 1.54) is 0 Å². The van der Waals surface area contributed by atoms with Crippen molar-refractivity contribution in [2.75, 3.05) is 6.54 Å². The zero-order valence-electron chi connectivity index (χ0n) is 6.86. The molecule has 0 atom stereocenters. The number of hydrazine groups is 1. The van der Waals surface area contributed by atoms with E-state index in [9.17, 15) is 0 Å². The normalized spacial score (nSPS) is 11.3. The van der Waals surface area contributed by atoms with Gasteiger partial charge in [-0.05, 0) is 19.8 Å². The summed E-state index contributed by atoms with van der Waals surface area (Å²) in [4.78, 5) is 0. The van der Waals surface area contributed by atoms with Crippen LogP contribution in [-0.4, -0.2) is 12.6 Å². The molecule has 0 aliphatic carbocycles. The number of hydrogen-bond acceptors (Lipinski definition) is 2. The molecule has 2 N–H and O–H groups in total. The van der Waals surface area contributed by atoms with Crippen LogP contribution in [0.1, 0.15) is 27.7 Å². The maximum absolute atomic E-state index is 3.13. The number of rotatable bonds is 4. The topological polar surface area (TPSA) is 24.1 Å². The second-order valence-corrected chi connectivity index (χ2v) is 3.07. The predicted octanol–water partition coefficient (Wildman–Crippen LogP) is 1.14. The molecular weight excluding hydrogens is 112 g/mol. The molecule has 2 heteroatoms. The lowest BCUT2D eigenvalue weighted by Crippen LogP contribution is -2.39. The zero-order valence-corrected chi connectivity index (χ0v) is 6.86. The minimum absolute atomic E-state index is 0.531. The minimum Gasteiger partial charge on any atom is -0.257 e. The Morgan fingerprint density at radius 3 is 2.00 bits per heavy atom. The molecule has 0 fully saturated rings. The quantitative estimate of drug-likeness (QED) is 0.558. The van der Waals surface area contributed by atoms with Gasteiger partial charge in [-0.2, -0.15) is 0 Å². The molecule has 0 aliphatic heterocycles. The monoisotopic (exact) mass is 130 g/mol. The van der Waals surface area contributed by atoms with Crippen molar-refractivity contribution < 1.29 is 0 Å². The molecule has 0 aromatic heterocycles. The fraction of sp³-hybridized carbons (Fsp3) is 1.00. The van der Waals surface area contributed by atoms with Crippen molar-refractivity contribution in [2.45, 2.75) is 33.7 Å². The van der Waals surface area contributed by atoms with E-state index in [0.717, 1.165) is 12.5 Å². The Kier molecular flexibility index (Phi) is 4.72. The van der Waals surface area contributed by atoms with Crippen LogP contribution in [0.2, 0.25) is 0 Å². The summed E-state index contributed by atoms with van der Waals surface area (Å²) in [5, 5.41) is 0. The van der Waals surface area contributed by atoms with E-state index in [1.807, 2.05) is 0 Å². The van der Waals surface area contributed by atoms with Gasteiger partial charge >= 0.3 is 0 Å². The lowest BCUT2D eigenvalue weighted by Gasteiger charge is -2.11. The number of hydrogen-bond donors (Lipinski definition) is 2. The fourth-order valence-corrected chi connectivity index (χ4v) is 0.467. The summed E-state index contributed by atoms with van der Waals surface area (Å²) in [6.07, 6.45) is 0. The first-order valence-corrected chi connectivity index (χ1v) is 3.61. The fourth-order valence-electron chi connectivity index (χ4n) is 0.467. The first kappa shape index (κ1) is 8.92. The first-order valence-electron chi connectivity index (χ1n) is 3.61. The molecule has 9 heavy (non-hydrogen) atoms. The zero-order chi connectivity index (χ0) is 7.28. The summed E-state index contributed by atoms with van der Waals surface area (Å²) in [7, 11) is 0. The Morgan fingerprint density at radius 2 is 1.67 bits per heavy atom. The average Bonchev–Trinajstić information content (AvgIpc) is 1.63. The van der Waals surface area contributed by atoms with Gasteiger partial charge in [-0.3, -0.25) is 10.9 Å². The van der Waals surface area contributed by atoms with E-state index in [0.29, 0.717) is 6.04 Å². The Bertz CT molecular complexity index is 51.9. The van der Waals surface area contributed by atoms with E-state index >= 15 is 0 Å². The van der Waals surface area contributed by atoms with Crippen LogP contribution in [0.5, 0.6) is 0 Å². The standard InChI is InChI=1S/C7H18N2/c1-6(2)5-8-9-7(3)4/h6-9H,5H2,1-4H3. The molecule has 0 saturated heterocycles. The van der Waals surface area contributed by atoms with Crippen molar-refractivity contribution in [1.82, 2.24) is 10.9 Å². The maximum Gasteiger partial charge on any atom is 0.0156 e. The highest BCUT2D eigenvalue weighted by atomic mass is 15.4. The van der Waals surface area contributed by atoms with Crippen LogP contribution in [0, 0.1) is 5.92 Å². The van der Waals surface area contributed by atoms with Crippen LogP contribution in [0.25, 0.3) is 0 Å². The molecule has 0 bridgehead atoms. The summed E-state index contributed by atoms with van der Waals surface area (Å²) in [6.45, 7) is 9.66. The van der Waals surface area contributed by atoms with Crippen LogP contribution in [0.4, 0.5) is 0 Å². The molecule has 0 spiro atoms. The van der Waals surface area contributed by atoms with Crippen molar-refractivity contribution in [3.63, 3.8) is 0 Å². The molecule has 0 unspecified atom stereocenters. The Labute approximate surface area is 58.0 Å². The molecule has 2 nitrogen and oxygen atoms in total. The Balaban J connectivity index is 2.91. The van der Waals surface area contributed by atoms with Gasteiger partial charge in [0.1, 0.15) is 0 Å². The average molecular weight is 130 g/mol. The van der Waals surface area contributed by atoms with Crippen molar-refractivity contribution in [1.29, 1.82) is 0 Å². The van der Waals surface area contributed by atoms with Gasteiger partial charge in [-0.1, -0.05) is 13.8 Å². The smallest absolute Gasteiger partial charge is 0.0156 e. The van der Waals surface area contributed by atoms with Crippen molar-refractivity contribution in [3.8, 4) is 0 Å². The van der Waals surface area contributed by atoms with Gasteiger partial charge in [-0.15, -0.1) is 0 Å². The lowest BCUT2D eigenvalue weighted by molar-refractivity contribution is 0.432. The second kappa shape index (κ2) is 4.77. The van der Waals surface area contributed by atoms with E-state index < -0.39 is 0 Å². The molecule has 0 aromatic rings. The van der Waals surface area contributed by atoms with E-state index in [-0.39, 0.29) is 0 Å². The molecule has 0 aromatic carbocycles. The number of nitrogens with one attached hydrogen (secondary N) is 2. The van der Waals surface area contributed by atoms with Crippen LogP contribution < -0.4 is 10.9 Å². The van der Waals surface area contributed by atoms with Crippen molar-refractivity contribution in [3.05, 3.63) is 0 Å². The van der Waals surface area contributed by atoms with E-state index in [2.05, 4.69) is 38.5 Å². The van der Waals surface area contributed by atoms with E-state index in [1.54, 1.807) is 0 Å². The Morgan fingerprint density at radius 1 is 1.11 bits per heavy atom. The summed E-state index contributed by atoms with van der Waals surface area (Å²) < 4.78 is 0. The molecular formula is C7H18N2. The summed E-state index contributed by atoms with van der Waals surface area (Å²) in [5.74, 6) is 0.719. The van der Waals surface area contributed by atoms with Crippen LogP contribution in [0.15, 0.2) is 0 Å². The van der Waals surface area contributed by atoms with Crippen molar-refractivity contribution in [2.24, 2.45) is 5.92 Å². The van der Waals surface area contributed by atoms with Gasteiger partial charge in [0.2, 0.25) is 0 Å². The molecule has 0 aliphatic rings. The van der Waals surface area contributed by atoms with Gasteiger partial charge < -0.3 is 0 Å². The van der Waals surface area contributed by atoms with Gasteiger partial charge in [0.15, 0.2) is 0 Å². The summed E-state index contributed by atoms with van der Waals surface area (Å²) >= 11 is 0. The molecule has 0 radical (unpaired) electrons. The van der Waals surface area contributed by atoms with Crippen LogP contribution in [-0.2, 0) is 0 Å². The molecule has 0 heterocycles. The SMILES string of the molecule is CC(C)CNNC(C)C. The first-order chi connectivity index (χ1) is 4.13. The Hall–Kier alpha value is -0.0800. The highest BCUT2D eigenvalue weighted by Gasteiger charge is 1.92. The van der Waals surface area contributed by atoms with E-state index in [4.69, 9.17) is 0 Å². The molecule has 56 valence electrons. The minimum atomic E-state index is 0.531. The molecule has 0 rings (SSSR count).